The molecule has 0 amide bonds. The van der Waals surface area contributed by atoms with Crippen LogP contribution in [0.1, 0.15) is 5.56 Å². The average Bonchev–Trinajstić information content (AvgIpc) is 3.72. The first-order valence-electron chi connectivity index (χ1n) is 17.3. The molecule has 0 unspecified atom stereocenters. The van der Waals surface area contributed by atoms with Crippen LogP contribution in [0.3, 0.4) is 0 Å². The van der Waals surface area contributed by atoms with Crippen molar-refractivity contribution in [3.63, 3.8) is 0 Å². The first-order chi connectivity index (χ1) is 25.2. The summed E-state index contributed by atoms with van der Waals surface area (Å²) in [6, 6.07) is 55.5. The van der Waals surface area contributed by atoms with Crippen molar-refractivity contribution in [3.8, 4) is 5.69 Å². The van der Waals surface area contributed by atoms with E-state index in [1.807, 2.05) is 23.5 Å². The third-order valence-electron chi connectivity index (χ3n) is 10.7. The quantitative estimate of drug-likeness (QED) is 0.173. The van der Waals surface area contributed by atoms with Crippen LogP contribution in [-0.4, -0.2) is 11.3 Å². The zero-order chi connectivity index (χ0) is 33.8. The Hall–Kier alpha value is -6.11. The molecule has 0 saturated carbocycles. The summed E-state index contributed by atoms with van der Waals surface area (Å²) in [5.74, 6) is -0.239. The van der Waals surface area contributed by atoms with Gasteiger partial charge >= 0.3 is 0 Å². The van der Waals surface area contributed by atoms with Crippen LogP contribution < -0.4 is 25.5 Å². The second-order valence-corrected chi connectivity index (χ2v) is 14.6. The molecule has 2 aliphatic rings. The van der Waals surface area contributed by atoms with Crippen molar-refractivity contribution in [2.45, 2.75) is 6.92 Å². The molecular formula is C45H29BFN3S. The first-order valence-corrected chi connectivity index (χ1v) is 18.2. The van der Waals surface area contributed by atoms with Gasteiger partial charge in [0.15, 0.2) is 0 Å². The highest BCUT2D eigenvalue weighted by Gasteiger charge is 2.46. The minimum atomic E-state index is -0.239. The number of fused-ring (bicyclic) bond motifs is 10. The molecule has 2 aromatic heterocycles. The second kappa shape index (κ2) is 10.7. The van der Waals surface area contributed by atoms with Crippen molar-refractivity contribution in [1.29, 1.82) is 0 Å². The smallest absolute Gasteiger partial charge is 0.264 e. The molecule has 51 heavy (non-hydrogen) atoms. The lowest BCUT2D eigenvalue weighted by Gasteiger charge is -2.43. The van der Waals surface area contributed by atoms with Crippen molar-refractivity contribution in [1.82, 2.24) is 4.57 Å². The van der Waals surface area contributed by atoms with Gasteiger partial charge in [0.25, 0.3) is 6.71 Å². The monoisotopic (exact) mass is 673 g/mol. The van der Waals surface area contributed by atoms with E-state index in [1.54, 1.807) is 12.1 Å². The van der Waals surface area contributed by atoms with Gasteiger partial charge in [0, 0.05) is 54.1 Å². The van der Waals surface area contributed by atoms with Crippen LogP contribution in [0.4, 0.5) is 38.5 Å². The van der Waals surface area contributed by atoms with Crippen molar-refractivity contribution >= 4 is 99.8 Å². The summed E-state index contributed by atoms with van der Waals surface area (Å²) in [4.78, 5) is 4.85. The number of aryl methyl sites for hydroxylation is 1. The highest BCUT2D eigenvalue weighted by atomic mass is 32.1. The molecule has 0 saturated heterocycles. The molecule has 0 bridgehead atoms. The van der Waals surface area contributed by atoms with Crippen LogP contribution in [-0.2, 0) is 0 Å². The number of thiophene rings is 1. The van der Waals surface area contributed by atoms with Gasteiger partial charge in [-0.05, 0) is 90.6 Å². The van der Waals surface area contributed by atoms with Gasteiger partial charge in [-0.15, -0.1) is 11.3 Å². The number of hydrogen-bond acceptors (Lipinski definition) is 3. The molecule has 3 nitrogen and oxygen atoms in total. The Kier molecular flexibility index (Phi) is 6.02. The van der Waals surface area contributed by atoms with Crippen molar-refractivity contribution in [2.75, 3.05) is 9.80 Å². The van der Waals surface area contributed by atoms with Gasteiger partial charge in [-0.25, -0.2) is 4.39 Å². The zero-order valence-corrected chi connectivity index (χ0v) is 28.5. The third kappa shape index (κ3) is 3.99. The molecule has 11 rings (SSSR count). The highest BCUT2D eigenvalue weighted by molar-refractivity contribution is 7.33. The summed E-state index contributed by atoms with van der Waals surface area (Å²) in [6.45, 7) is 2.13. The fourth-order valence-corrected chi connectivity index (χ4v) is 9.88. The zero-order valence-electron chi connectivity index (χ0n) is 27.7. The molecule has 2 aliphatic heterocycles. The van der Waals surface area contributed by atoms with Crippen LogP contribution in [0.15, 0.2) is 158 Å². The lowest BCUT2D eigenvalue weighted by atomic mass is 9.36. The normalized spacial score (nSPS) is 13.2. The molecule has 6 heteroatoms. The van der Waals surface area contributed by atoms with E-state index in [4.69, 9.17) is 0 Å². The van der Waals surface area contributed by atoms with Gasteiger partial charge in [-0.3, -0.25) is 0 Å². The van der Waals surface area contributed by atoms with Crippen LogP contribution in [0, 0.1) is 12.7 Å². The van der Waals surface area contributed by atoms with E-state index in [1.165, 1.54) is 64.5 Å². The van der Waals surface area contributed by atoms with Gasteiger partial charge in [0.2, 0.25) is 0 Å². The number of aromatic nitrogens is 1. The molecule has 0 spiro atoms. The van der Waals surface area contributed by atoms with Crippen LogP contribution in [0.5, 0.6) is 0 Å². The molecule has 240 valence electrons. The summed E-state index contributed by atoms with van der Waals surface area (Å²) in [7, 11) is 0. The fraction of sp³-hybridized carbons (Fsp3) is 0.0222. The van der Waals surface area contributed by atoms with E-state index >= 15 is 0 Å². The number of benzene rings is 7. The number of hydrogen-bond donors (Lipinski definition) is 0. The van der Waals surface area contributed by atoms with E-state index in [9.17, 15) is 4.39 Å². The topological polar surface area (TPSA) is 11.4 Å². The lowest BCUT2D eigenvalue weighted by molar-refractivity contribution is 0.628. The van der Waals surface area contributed by atoms with Crippen LogP contribution in [0.25, 0.3) is 37.6 Å². The Labute approximate surface area is 299 Å². The third-order valence-corrected chi connectivity index (χ3v) is 11.9. The van der Waals surface area contributed by atoms with Crippen molar-refractivity contribution < 1.29 is 4.39 Å². The molecule has 0 aliphatic carbocycles. The van der Waals surface area contributed by atoms with Gasteiger partial charge in [-0.2, -0.15) is 0 Å². The maximum absolute atomic E-state index is 14.4. The maximum Gasteiger partial charge on any atom is 0.264 e. The van der Waals surface area contributed by atoms with Gasteiger partial charge in [-0.1, -0.05) is 90.5 Å². The molecule has 0 fully saturated rings. The van der Waals surface area contributed by atoms with E-state index in [0.717, 1.165) is 28.4 Å². The van der Waals surface area contributed by atoms with E-state index in [0.29, 0.717) is 0 Å². The Morgan fingerprint density at radius 2 is 1.18 bits per heavy atom. The fourth-order valence-electron chi connectivity index (χ4n) is 8.56. The van der Waals surface area contributed by atoms with Crippen molar-refractivity contribution in [3.05, 3.63) is 169 Å². The van der Waals surface area contributed by atoms with Gasteiger partial charge in [0.1, 0.15) is 5.82 Å². The highest BCUT2D eigenvalue weighted by Crippen LogP contribution is 2.49. The van der Waals surface area contributed by atoms with Crippen LogP contribution >= 0.6 is 11.3 Å². The Bertz CT molecular complexity index is 2840. The molecule has 0 radical (unpaired) electrons. The summed E-state index contributed by atoms with van der Waals surface area (Å²) in [6.07, 6.45) is 0. The largest absolute Gasteiger partial charge is 0.310 e. The van der Waals surface area contributed by atoms with Crippen LogP contribution in [0.2, 0.25) is 0 Å². The molecular weight excluding hydrogens is 644 g/mol. The SMILES string of the molecule is Cc1ccc(N2c3cccc4c3B(c3ccc5c6ccccc6n(-c6ccccc6)c5c32)c2sc3ccccc3c2N4c2ccc(F)cc2)cc1. The molecule has 4 heterocycles. The molecule has 7 aromatic carbocycles. The second-order valence-electron chi connectivity index (χ2n) is 13.5. The number of nitrogens with zero attached hydrogens (tertiary/aromatic N) is 3. The summed E-state index contributed by atoms with van der Waals surface area (Å²) < 4.78 is 19.4. The van der Waals surface area contributed by atoms with Crippen molar-refractivity contribution in [2.24, 2.45) is 0 Å². The minimum absolute atomic E-state index is 0.0105. The Morgan fingerprint density at radius 3 is 1.94 bits per heavy atom. The van der Waals surface area contributed by atoms with E-state index < -0.39 is 0 Å². The molecule has 0 atom stereocenters. The standard InChI is InChI=1S/C45H29BFN3S/c1-28-18-22-31(23-19-28)50-39-16-9-15-38-41(39)46(45-43(35-13-6-8-17-40(35)51-45)49(38)32-24-20-29(47)21-25-32)36-27-26-34-33-12-5-7-14-37(33)48(42(34)44(36)50)30-10-3-2-4-11-30/h2-27H,1H3. The first kappa shape index (κ1) is 28.7. The molecule has 0 N–H and O–H groups in total. The predicted molar refractivity (Wildman–Crippen MR) is 215 cm³/mol. The minimum Gasteiger partial charge on any atom is -0.310 e. The predicted octanol–water partition coefficient (Wildman–Crippen LogP) is 10.5. The lowest BCUT2D eigenvalue weighted by Crippen LogP contribution is -2.60. The summed E-state index contributed by atoms with van der Waals surface area (Å²) in [5.41, 5.74) is 14.0. The maximum atomic E-state index is 14.4. The van der Waals surface area contributed by atoms with E-state index in [2.05, 4.69) is 155 Å². The van der Waals surface area contributed by atoms with Gasteiger partial charge < -0.3 is 14.4 Å². The average molecular weight is 674 g/mol. The number of para-hydroxylation sites is 2. The number of anilines is 6. The Balaban J connectivity index is 1.32. The van der Waals surface area contributed by atoms with E-state index in [-0.39, 0.29) is 12.5 Å². The summed E-state index contributed by atoms with van der Waals surface area (Å²) >= 11 is 1.87. The summed E-state index contributed by atoms with van der Waals surface area (Å²) in [5, 5.41) is 3.67. The number of halogens is 1. The molecule has 9 aromatic rings. The van der Waals surface area contributed by atoms with Gasteiger partial charge in [0.05, 0.1) is 22.4 Å². The Morgan fingerprint density at radius 1 is 0.529 bits per heavy atom. The number of rotatable bonds is 3.